The minimum atomic E-state index is -4.48. The molecule has 0 saturated carbocycles. The number of halogens is 4. The molecule has 102 valence electrons. The Kier molecular flexibility index (Phi) is 2.78. The van der Waals surface area contributed by atoms with E-state index >= 15 is 0 Å². The third-order valence-electron chi connectivity index (χ3n) is 3.09. The lowest BCUT2D eigenvalue weighted by atomic mass is 10.2. The quantitative estimate of drug-likeness (QED) is 0.564. The summed E-state index contributed by atoms with van der Waals surface area (Å²) in [4.78, 5) is 0. The van der Waals surface area contributed by atoms with Crippen molar-refractivity contribution in [1.29, 1.82) is 0 Å². The van der Waals surface area contributed by atoms with Crippen molar-refractivity contribution in [1.82, 2.24) is 4.57 Å². The number of aromatic nitrogens is 1. The van der Waals surface area contributed by atoms with Crippen molar-refractivity contribution in [2.24, 2.45) is 0 Å². The first-order valence-electron chi connectivity index (χ1n) is 5.90. The second kappa shape index (κ2) is 4.37. The van der Waals surface area contributed by atoms with Gasteiger partial charge in [-0.3, -0.25) is 0 Å². The number of para-hydroxylation sites is 1. The minimum Gasteiger partial charge on any atom is -0.305 e. The van der Waals surface area contributed by atoms with Crippen molar-refractivity contribution in [2.45, 2.75) is 6.18 Å². The van der Waals surface area contributed by atoms with Crippen molar-refractivity contribution in [3.63, 3.8) is 0 Å². The van der Waals surface area contributed by atoms with Crippen LogP contribution >= 0.6 is 0 Å². The van der Waals surface area contributed by atoms with Gasteiger partial charge in [0.1, 0.15) is 11.5 Å². The smallest absolute Gasteiger partial charge is 0.305 e. The summed E-state index contributed by atoms with van der Waals surface area (Å²) in [6.45, 7) is 0. The molecule has 0 amide bonds. The highest BCUT2D eigenvalue weighted by atomic mass is 19.4. The van der Waals surface area contributed by atoms with Crippen LogP contribution < -0.4 is 0 Å². The summed E-state index contributed by atoms with van der Waals surface area (Å²) in [6.07, 6.45) is -4.48. The topological polar surface area (TPSA) is 4.93 Å². The molecule has 1 aromatic heterocycles. The highest BCUT2D eigenvalue weighted by Gasteiger charge is 2.35. The number of alkyl halides is 3. The van der Waals surface area contributed by atoms with Crippen molar-refractivity contribution < 1.29 is 17.6 Å². The first kappa shape index (κ1) is 12.7. The molecule has 0 spiro atoms. The summed E-state index contributed by atoms with van der Waals surface area (Å²) in [5.74, 6) is -0.487. The normalized spacial score (nSPS) is 12.0. The molecule has 0 aliphatic rings. The lowest BCUT2D eigenvalue weighted by Crippen LogP contribution is -2.12. The van der Waals surface area contributed by atoms with Gasteiger partial charge in [0.2, 0.25) is 0 Å². The number of hydrogen-bond acceptors (Lipinski definition) is 0. The maximum Gasteiger partial charge on any atom is 0.431 e. The van der Waals surface area contributed by atoms with E-state index in [1.165, 1.54) is 12.1 Å². The number of hydrogen-bond donors (Lipinski definition) is 0. The maximum absolute atomic E-state index is 13.2. The van der Waals surface area contributed by atoms with Gasteiger partial charge in [0.05, 0.1) is 5.52 Å². The van der Waals surface area contributed by atoms with E-state index in [0.29, 0.717) is 10.9 Å². The molecule has 0 bridgehead atoms. The van der Waals surface area contributed by atoms with E-state index in [-0.39, 0.29) is 5.69 Å². The molecule has 0 radical (unpaired) electrons. The van der Waals surface area contributed by atoms with Gasteiger partial charge in [0.25, 0.3) is 0 Å². The molecule has 1 nitrogen and oxygen atoms in total. The number of nitrogens with zero attached hydrogens (tertiary/aromatic N) is 1. The fraction of sp³-hybridized carbons (Fsp3) is 0.0667. The van der Waals surface area contributed by atoms with Gasteiger partial charge < -0.3 is 4.57 Å². The van der Waals surface area contributed by atoms with Gasteiger partial charge in [0.15, 0.2) is 0 Å². The average Bonchev–Trinajstić information content (AvgIpc) is 2.79. The molecule has 0 saturated heterocycles. The van der Waals surface area contributed by atoms with Crippen molar-refractivity contribution in [2.75, 3.05) is 0 Å². The van der Waals surface area contributed by atoms with Crippen LogP contribution in [-0.2, 0) is 6.18 Å². The SMILES string of the molecule is Fc1ccc(-n2c(C(F)(F)F)cc3ccccc32)cc1. The number of rotatable bonds is 1. The maximum atomic E-state index is 13.2. The standard InChI is InChI=1S/C15H9F4N/c16-11-5-7-12(8-6-11)20-13-4-2-1-3-10(13)9-14(20)15(17,18)19/h1-9H. The van der Waals surface area contributed by atoms with E-state index in [0.717, 1.165) is 22.8 Å². The second-order valence-electron chi connectivity index (χ2n) is 4.40. The van der Waals surface area contributed by atoms with E-state index < -0.39 is 17.7 Å². The Bertz CT molecular complexity index is 754. The van der Waals surface area contributed by atoms with Gasteiger partial charge in [-0.1, -0.05) is 18.2 Å². The summed E-state index contributed by atoms with van der Waals surface area (Å²) in [6, 6.07) is 12.6. The van der Waals surface area contributed by atoms with Gasteiger partial charge in [-0.15, -0.1) is 0 Å². The zero-order valence-corrected chi connectivity index (χ0v) is 10.2. The fourth-order valence-electron chi connectivity index (χ4n) is 2.23. The van der Waals surface area contributed by atoms with Crippen LogP contribution in [0, 0.1) is 5.82 Å². The Labute approximate surface area is 112 Å². The van der Waals surface area contributed by atoms with E-state index in [4.69, 9.17) is 0 Å². The van der Waals surface area contributed by atoms with Crippen molar-refractivity contribution >= 4 is 10.9 Å². The Morgan fingerprint density at radius 2 is 1.50 bits per heavy atom. The molecule has 3 rings (SSSR count). The monoisotopic (exact) mass is 279 g/mol. The second-order valence-corrected chi connectivity index (χ2v) is 4.40. The van der Waals surface area contributed by atoms with Crippen LogP contribution in [0.4, 0.5) is 17.6 Å². The molecule has 1 heterocycles. The zero-order valence-electron chi connectivity index (χ0n) is 10.2. The Morgan fingerprint density at radius 1 is 0.850 bits per heavy atom. The van der Waals surface area contributed by atoms with Gasteiger partial charge in [-0.2, -0.15) is 13.2 Å². The highest BCUT2D eigenvalue weighted by molar-refractivity contribution is 5.83. The van der Waals surface area contributed by atoms with Gasteiger partial charge in [-0.25, -0.2) is 4.39 Å². The van der Waals surface area contributed by atoms with Crippen molar-refractivity contribution in [3.05, 3.63) is 66.1 Å². The van der Waals surface area contributed by atoms with Gasteiger partial charge >= 0.3 is 6.18 Å². The largest absolute Gasteiger partial charge is 0.431 e. The summed E-state index contributed by atoms with van der Waals surface area (Å²) in [7, 11) is 0. The van der Waals surface area contributed by atoms with Crippen LogP contribution in [-0.4, -0.2) is 4.57 Å². The van der Waals surface area contributed by atoms with E-state index in [2.05, 4.69) is 0 Å². The van der Waals surface area contributed by atoms with Crippen molar-refractivity contribution in [3.8, 4) is 5.69 Å². The van der Waals surface area contributed by atoms with E-state index in [1.54, 1.807) is 24.3 Å². The molecule has 20 heavy (non-hydrogen) atoms. The molecule has 0 aliphatic carbocycles. The Balaban J connectivity index is 2.34. The molecule has 2 aromatic carbocycles. The molecule has 5 heteroatoms. The first-order chi connectivity index (χ1) is 9.47. The number of benzene rings is 2. The van der Waals surface area contributed by atoms with Gasteiger partial charge in [0, 0.05) is 11.1 Å². The molecule has 3 aromatic rings. The highest BCUT2D eigenvalue weighted by Crippen LogP contribution is 2.36. The number of fused-ring (bicyclic) bond motifs is 1. The molecule has 0 atom stereocenters. The third-order valence-corrected chi connectivity index (χ3v) is 3.09. The predicted octanol–water partition coefficient (Wildman–Crippen LogP) is 4.79. The zero-order chi connectivity index (χ0) is 14.3. The minimum absolute atomic E-state index is 0.278. The molecular weight excluding hydrogens is 270 g/mol. The Morgan fingerprint density at radius 3 is 2.15 bits per heavy atom. The van der Waals surface area contributed by atoms with Crippen LogP contribution in [0.5, 0.6) is 0 Å². The summed E-state index contributed by atoms with van der Waals surface area (Å²) >= 11 is 0. The predicted molar refractivity (Wildman–Crippen MR) is 68.2 cm³/mol. The summed E-state index contributed by atoms with van der Waals surface area (Å²) in [5.41, 5.74) is -0.0586. The van der Waals surface area contributed by atoms with Crippen LogP contribution in [0.1, 0.15) is 5.69 Å². The third kappa shape index (κ3) is 2.05. The summed E-state index contributed by atoms with van der Waals surface area (Å²) < 4.78 is 53.5. The average molecular weight is 279 g/mol. The molecule has 0 unspecified atom stereocenters. The van der Waals surface area contributed by atoms with Crippen LogP contribution in [0.15, 0.2) is 54.6 Å². The van der Waals surface area contributed by atoms with E-state index in [1.807, 2.05) is 0 Å². The first-order valence-corrected chi connectivity index (χ1v) is 5.90. The lowest BCUT2D eigenvalue weighted by Gasteiger charge is -2.13. The Hall–Kier alpha value is -2.30. The van der Waals surface area contributed by atoms with Crippen LogP contribution in [0.2, 0.25) is 0 Å². The molecule has 0 fully saturated rings. The molecule has 0 aliphatic heterocycles. The van der Waals surface area contributed by atoms with Crippen LogP contribution in [0.25, 0.3) is 16.6 Å². The fourth-order valence-corrected chi connectivity index (χ4v) is 2.23. The summed E-state index contributed by atoms with van der Waals surface area (Å²) in [5, 5.41) is 0.490. The van der Waals surface area contributed by atoms with Crippen LogP contribution in [0.3, 0.4) is 0 Å². The lowest BCUT2D eigenvalue weighted by molar-refractivity contribution is -0.142. The van der Waals surface area contributed by atoms with Gasteiger partial charge in [-0.05, 0) is 36.4 Å². The molecule has 0 N–H and O–H groups in total. The van der Waals surface area contributed by atoms with E-state index in [9.17, 15) is 17.6 Å². The molecular formula is C15H9F4N.